The smallest absolute Gasteiger partial charge is 0.0710 e. The lowest BCUT2D eigenvalue weighted by Crippen LogP contribution is -2.38. The van der Waals surface area contributed by atoms with Gasteiger partial charge in [0.2, 0.25) is 0 Å². The van der Waals surface area contributed by atoms with Crippen molar-refractivity contribution in [2.75, 3.05) is 13.2 Å². The third kappa shape index (κ3) is 2.13. The standard InChI is InChI=1S/C16H23N3O/c1-2-19-15-6-4-3-5-13(15)14(18-19)9-16(10-17,11-20)12-7-8-12/h3-6,12,20H,2,7-11,17H2,1H3. The number of nitrogens with two attached hydrogens (primary N) is 1. The van der Waals surface area contributed by atoms with Crippen LogP contribution in [0, 0.1) is 11.3 Å². The molecule has 1 aliphatic carbocycles. The highest BCUT2D eigenvalue weighted by molar-refractivity contribution is 5.82. The molecule has 1 aliphatic rings. The average molecular weight is 273 g/mol. The molecule has 0 amide bonds. The molecule has 108 valence electrons. The summed E-state index contributed by atoms with van der Waals surface area (Å²) in [5.74, 6) is 0.558. The number of rotatable bonds is 6. The van der Waals surface area contributed by atoms with Crippen molar-refractivity contribution in [2.45, 2.75) is 32.7 Å². The number of nitrogens with zero attached hydrogens (tertiary/aromatic N) is 2. The zero-order valence-electron chi connectivity index (χ0n) is 12.0. The number of aromatic nitrogens is 2. The highest BCUT2D eigenvalue weighted by Gasteiger charge is 2.44. The number of aliphatic hydroxyl groups excluding tert-OH is 1. The summed E-state index contributed by atoms with van der Waals surface area (Å²) in [5, 5.41) is 15.8. The van der Waals surface area contributed by atoms with Gasteiger partial charge in [0.15, 0.2) is 0 Å². The van der Waals surface area contributed by atoms with Crippen molar-refractivity contribution in [2.24, 2.45) is 17.1 Å². The van der Waals surface area contributed by atoms with Gasteiger partial charge in [0.05, 0.1) is 17.8 Å². The number of aryl methyl sites for hydroxylation is 1. The van der Waals surface area contributed by atoms with Crippen molar-refractivity contribution in [3.63, 3.8) is 0 Å². The van der Waals surface area contributed by atoms with Crippen molar-refractivity contribution in [3.8, 4) is 0 Å². The fourth-order valence-corrected chi connectivity index (χ4v) is 3.23. The maximum Gasteiger partial charge on any atom is 0.0710 e. The van der Waals surface area contributed by atoms with E-state index in [0.717, 1.165) is 18.7 Å². The van der Waals surface area contributed by atoms with Gasteiger partial charge in [-0.1, -0.05) is 18.2 Å². The molecule has 0 bridgehead atoms. The molecule has 0 spiro atoms. The Morgan fingerprint density at radius 2 is 2.15 bits per heavy atom. The van der Waals surface area contributed by atoms with Gasteiger partial charge >= 0.3 is 0 Å². The zero-order valence-corrected chi connectivity index (χ0v) is 12.0. The van der Waals surface area contributed by atoms with E-state index >= 15 is 0 Å². The molecule has 3 N–H and O–H groups in total. The molecular weight excluding hydrogens is 250 g/mol. The normalized spacial score (nSPS) is 18.4. The molecule has 20 heavy (non-hydrogen) atoms. The fraction of sp³-hybridized carbons (Fsp3) is 0.562. The summed E-state index contributed by atoms with van der Waals surface area (Å²) in [5.41, 5.74) is 8.06. The second kappa shape index (κ2) is 5.19. The molecule has 1 aromatic heterocycles. The summed E-state index contributed by atoms with van der Waals surface area (Å²) in [6.07, 6.45) is 3.15. The monoisotopic (exact) mass is 273 g/mol. The van der Waals surface area contributed by atoms with Crippen LogP contribution < -0.4 is 5.73 Å². The van der Waals surface area contributed by atoms with E-state index in [9.17, 15) is 5.11 Å². The Kier molecular flexibility index (Phi) is 3.52. The number of fused-ring (bicyclic) bond motifs is 1. The fourth-order valence-electron chi connectivity index (χ4n) is 3.23. The zero-order chi connectivity index (χ0) is 14.2. The van der Waals surface area contributed by atoms with E-state index in [1.807, 2.05) is 16.8 Å². The minimum absolute atomic E-state index is 0.154. The molecule has 0 aliphatic heterocycles. The van der Waals surface area contributed by atoms with Crippen LogP contribution in [0.3, 0.4) is 0 Å². The van der Waals surface area contributed by atoms with Crippen molar-refractivity contribution in [3.05, 3.63) is 30.0 Å². The van der Waals surface area contributed by atoms with E-state index in [1.54, 1.807) is 0 Å². The number of hydrogen-bond donors (Lipinski definition) is 2. The third-order valence-electron chi connectivity index (χ3n) is 4.72. The summed E-state index contributed by atoms with van der Waals surface area (Å²) in [6.45, 7) is 3.65. The molecule has 1 saturated carbocycles. The Labute approximate surface area is 119 Å². The summed E-state index contributed by atoms with van der Waals surface area (Å²) in [7, 11) is 0. The Morgan fingerprint density at radius 1 is 1.40 bits per heavy atom. The SMILES string of the molecule is CCn1nc(CC(CN)(CO)C2CC2)c2ccccc21. The first-order valence-electron chi connectivity index (χ1n) is 7.49. The van der Waals surface area contributed by atoms with Crippen LogP contribution in [0.15, 0.2) is 24.3 Å². The number of benzene rings is 1. The van der Waals surface area contributed by atoms with E-state index < -0.39 is 0 Å². The molecule has 1 fully saturated rings. The Bertz CT molecular complexity index is 597. The maximum atomic E-state index is 9.87. The lowest BCUT2D eigenvalue weighted by molar-refractivity contribution is 0.108. The summed E-state index contributed by atoms with van der Waals surface area (Å²) in [4.78, 5) is 0. The molecule has 1 aromatic carbocycles. The maximum absolute atomic E-state index is 9.87. The van der Waals surface area contributed by atoms with E-state index in [-0.39, 0.29) is 12.0 Å². The topological polar surface area (TPSA) is 64.1 Å². The predicted molar refractivity (Wildman–Crippen MR) is 80.4 cm³/mol. The lowest BCUT2D eigenvalue weighted by atomic mass is 9.78. The quantitative estimate of drug-likeness (QED) is 0.845. The summed E-state index contributed by atoms with van der Waals surface area (Å²) < 4.78 is 2.04. The Morgan fingerprint density at radius 3 is 2.75 bits per heavy atom. The van der Waals surface area contributed by atoms with Crippen molar-refractivity contribution in [1.29, 1.82) is 0 Å². The van der Waals surface area contributed by atoms with Gasteiger partial charge in [-0.05, 0) is 31.7 Å². The highest BCUT2D eigenvalue weighted by atomic mass is 16.3. The second-order valence-corrected chi connectivity index (χ2v) is 5.96. The summed E-state index contributed by atoms with van der Waals surface area (Å²) in [6, 6.07) is 8.32. The molecule has 2 aromatic rings. The lowest BCUT2D eigenvalue weighted by Gasteiger charge is -2.30. The van der Waals surface area contributed by atoms with E-state index in [2.05, 4.69) is 19.1 Å². The van der Waals surface area contributed by atoms with Gasteiger partial charge in [-0.25, -0.2) is 0 Å². The van der Waals surface area contributed by atoms with Gasteiger partial charge in [-0.2, -0.15) is 5.10 Å². The Balaban J connectivity index is 2.01. The minimum Gasteiger partial charge on any atom is -0.396 e. The van der Waals surface area contributed by atoms with Crippen LogP contribution in [0.2, 0.25) is 0 Å². The molecule has 0 saturated heterocycles. The third-order valence-corrected chi connectivity index (χ3v) is 4.72. The number of para-hydroxylation sites is 1. The van der Waals surface area contributed by atoms with Crippen molar-refractivity contribution >= 4 is 10.9 Å². The minimum atomic E-state index is -0.185. The largest absolute Gasteiger partial charge is 0.396 e. The summed E-state index contributed by atoms with van der Waals surface area (Å²) >= 11 is 0. The molecule has 4 nitrogen and oxygen atoms in total. The highest BCUT2D eigenvalue weighted by Crippen LogP contribution is 2.47. The Hall–Kier alpha value is -1.39. The van der Waals surface area contributed by atoms with Crippen LogP contribution in [0.4, 0.5) is 0 Å². The van der Waals surface area contributed by atoms with Gasteiger partial charge in [-0.3, -0.25) is 4.68 Å². The second-order valence-electron chi connectivity index (χ2n) is 5.96. The van der Waals surface area contributed by atoms with Crippen molar-refractivity contribution < 1.29 is 5.11 Å². The number of hydrogen-bond acceptors (Lipinski definition) is 3. The predicted octanol–water partition coefficient (Wildman–Crippen LogP) is 1.95. The van der Waals surface area contributed by atoms with Gasteiger partial charge < -0.3 is 10.8 Å². The molecule has 3 rings (SSSR count). The van der Waals surface area contributed by atoms with E-state index in [4.69, 9.17) is 10.8 Å². The van der Waals surface area contributed by atoms with Crippen LogP contribution in [0.25, 0.3) is 10.9 Å². The van der Waals surface area contributed by atoms with Crippen LogP contribution in [0.5, 0.6) is 0 Å². The van der Waals surface area contributed by atoms with Crippen molar-refractivity contribution in [1.82, 2.24) is 9.78 Å². The van der Waals surface area contributed by atoms with Gasteiger partial charge in [0.25, 0.3) is 0 Å². The first-order chi connectivity index (χ1) is 9.74. The molecule has 1 atom stereocenters. The first kappa shape index (κ1) is 13.6. The number of aliphatic hydroxyl groups is 1. The van der Waals surface area contributed by atoms with Gasteiger partial charge in [0, 0.05) is 30.3 Å². The average Bonchev–Trinajstić information content (AvgIpc) is 3.29. The van der Waals surface area contributed by atoms with E-state index in [0.29, 0.717) is 12.5 Å². The molecule has 1 unspecified atom stereocenters. The van der Waals surface area contributed by atoms with E-state index in [1.165, 1.54) is 23.7 Å². The van der Waals surface area contributed by atoms with Crippen LogP contribution in [-0.2, 0) is 13.0 Å². The van der Waals surface area contributed by atoms with Crippen LogP contribution in [0.1, 0.15) is 25.5 Å². The van der Waals surface area contributed by atoms with Gasteiger partial charge in [0.1, 0.15) is 0 Å². The molecule has 0 radical (unpaired) electrons. The molecule has 4 heteroatoms. The van der Waals surface area contributed by atoms with Crippen LogP contribution >= 0.6 is 0 Å². The molecular formula is C16H23N3O. The van der Waals surface area contributed by atoms with Crippen LogP contribution in [-0.4, -0.2) is 28.0 Å². The molecule has 1 heterocycles. The van der Waals surface area contributed by atoms with Gasteiger partial charge in [-0.15, -0.1) is 0 Å². The first-order valence-corrected chi connectivity index (χ1v) is 7.49.